The maximum absolute atomic E-state index is 13.0. The fourth-order valence-electron chi connectivity index (χ4n) is 4.62. The Balaban J connectivity index is 1.57. The highest BCUT2D eigenvalue weighted by Crippen LogP contribution is 2.42. The molecule has 1 saturated carbocycles. The van der Waals surface area contributed by atoms with Gasteiger partial charge in [0.15, 0.2) is 5.69 Å². The summed E-state index contributed by atoms with van der Waals surface area (Å²) in [4.78, 5) is 13.0. The fourth-order valence-corrected chi connectivity index (χ4v) is 5.84. The van der Waals surface area contributed by atoms with E-state index in [0.29, 0.717) is 37.1 Å². The monoisotopic (exact) mass is 497 g/mol. The van der Waals surface area contributed by atoms with Gasteiger partial charge in [0.1, 0.15) is 11.4 Å². The molecule has 1 fully saturated rings. The van der Waals surface area contributed by atoms with Gasteiger partial charge in [-0.15, -0.1) is 10.2 Å². The van der Waals surface area contributed by atoms with Gasteiger partial charge in [-0.25, -0.2) is 17.8 Å². The van der Waals surface area contributed by atoms with Gasteiger partial charge in [0.05, 0.1) is 16.6 Å². The van der Waals surface area contributed by atoms with Crippen LogP contribution in [0.1, 0.15) is 54.0 Å². The highest BCUT2D eigenvalue weighted by Gasteiger charge is 2.31. The first kappa shape index (κ1) is 24.9. The summed E-state index contributed by atoms with van der Waals surface area (Å²) in [6, 6.07) is 11.0. The van der Waals surface area contributed by atoms with Crippen LogP contribution in [0.3, 0.4) is 0 Å². The van der Waals surface area contributed by atoms with E-state index in [4.69, 9.17) is 0 Å². The number of azo groups is 1. The number of aromatic hydroxyl groups is 1. The number of H-pyrrole nitrogens is 1. The number of hydrogen-bond acceptors (Lipinski definition) is 6. The molecule has 9 nitrogen and oxygen atoms in total. The highest BCUT2D eigenvalue weighted by molar-refractivity contribution is 7.90. The molecule has 3 N–H and O–H groups in total. The molecule has 4 rings (SSSR count). The van der Waals surface area contributed by atoms with Crippen LogP contribution >= 0.6 is 0 Å². The van der Waals surface area contributed by atoms with Crippen LogP contribution in [0.15, 0.2) is 51.4 Å². The molecular formula is C25H31N5O4S. The van der Waals surface area contributed by atoms with Crippen LogP contribution in [0.4, 0.5) is 11.4 Å². The average Bonchev–Trinajstić information content (AvgIpc) is 3.13. The second-order valence-corrected chi connectivity index (χ2v) is 11.3. The minimum atomic E-state index is -3.30. The minimum absolute atomic E-state index is 0.0128. The predicted molar refractivity (Wildman–Crippen MR) is 136 cm³/mol. The number of hydrogen-bond donors (Lipinski definition) is 3. The molecule has 0 spiro atoms. The van der Waals surface area contributed by atoms with Crippen LogP contribution in [0.2, 0.25) is 0 Å². The number of sulfonamides is 1. The van der Waals surface area contributed by atoms with Gasteiger partial charge in [-0.2, -0.15) is 0 Å². The van der Waals surface area contributed by atoms with E-state index in [9.17, 15) is 18.3 Å². The first-order chi connectivity index (χ1) is 16.6. The largest absolute Gasteiger partial charge is 0.505 e. The Morgan fingerprint density at radius 3 is 2.40 bits per heavy atom. The smallest absolute Gasteiger partial charge is 0.299 e. The SMILES string of the molecule is CNS(=O)(=O)C1CCC(c2cccc(N=Nc3c(C)[nH]n(-c4ccc(C)c(C)c4)c3=O)c2O)CC1. The molecule has 0 saturated heterocycles. The molecule has 2 aromatic carbocycles. The average molecular weight is 498 g/mol. The Labute approximate surface area is 205 Å². The first-order valence-corrected chi connectivity index (χ1v) is 13.2. The van der Waals surface area contributed by atoms with E-state index >= 15 is 0 Å². The third-order valence-corrected chi connectivity index (χ3v) is 8.85. The molecule has 0 amide bonds. The van der Waals surface area contributed by atoms with Gasteiger partial charge in [-0.05, 0) is 94.3 Å². The Hall–Kier alpha value is -3.24. The van der Waals surface area contributed by atoms with Gasteiger partial charge < -0.3 is 5.11 Å². The van der Waals surface area contributed by atoms with Gasteiger partial charge in [0.25, 0.3) is 5.56 Å². The van der Waals surface area contributed by atoms with Crippen LogP contribution < -0.4 is 10.3 Å². The van der Waals surface area contributed by atoms with Crippen LogP contribution in [0, 0.1) is 20.8 Å². The summed E-state index contributed by atoms with van der Waals surface area (Å²) >= 11 is 0. The lowest BCUT2D eigenvalue weighted by molar-refractivity contribution is 0.410. The summed E-state index contributed by atoms with van der Waals surface area (Å²) in [7, 11) is -1.86. The minimum Gasteiger partial charge on any atom is -0.505 e. The number of nitrogens with zero attached hydrogens (tertiary/aromatic N) is 3. The summed E-state index contributed by atoms with van der Waals surface area (Å²) in [6.45, 7) is 5.75. The third kappa shape index (κ3) is 4.94. The number of aromatic amines is 1. The van der Waals surface area contributed by atoms with E-state index in [1.807, 2.05) is 38.1 Å². The summed E-state index contributed by atoms with van der Waals surface area (Å²) < 4.78 is 28.0. The van der Waals surface area contributed by atoms with E-state index in [1.54, 1.807) is 19.1 Å². The van der Waals surface area contributed by atoms with Crippen LogP contribution in [0.25, 0.3) is 5.69 Å². The summed E-state index contributed by atoms with van der Waals surface area (Å²) in [5.41, 5.74) is 4.33. The van der Waals surface area contributed by atoms with E-state index in [1.165, 1.54) is 11.7 Å². The topological polar surface area (TPSA) is 129 Å². The highest BCUT2D eigenvalue weighted by atomic mass is 32.2. The number of rotatable bonds is 6. The van der Waals surface area contributed by atoms with Crippen molar-refractivity contribution in [1.82, 2.24) is 14.5 Å². The fraction of sp³-hybridized carbons (Fsp3) is 0.400. The van der Waals surface area contributed by atoms with Crippen molar-refractivity contribution in [1.29, 1.82) is 0 Å². The molecule has 0 radical (unpaired) electrons. The maximum Gasteiger partial charge on any atom is 0.299 e. The molecule has 3 aromatic rings. The number of nitrogens with one attached hydrogen (secondary N) is 2. The molecule has 35 heavy (non-hydrogen) atoms. The Kier molecular flexibility index (Phi) is 6.95. The summed E-state index contributed by atoms with van der Waals surface area (Å²) in [6.07, 6.45) is 2.36. The van der Waals surface area contributed by atoms with Gasteiger partial charge in [0, 0.05) is 0 Å². The predicted octanol–water partition coefficient (Wildman–Crippen LogP) is 4.79. The number of phenols is 1. The second kappa shape index (κ2) is 9.79. The molecule has 0 bridgehead atoms. The Bertz CT molecular complexity index is 1430. The Morgan fingerprint density at radius 2 is 1.74 bits per heavy atom. The normalized spacial score (nSPS) is 18.9. The van der Waals surface area contributed by atoms with Crippen molar-refractivity contribution in [3.8, 4) is 11.4 Å². The Morgan fingerprint density at radius 1 is 1.03 bits per heavy atom. The third-order valence-electron chi connectivity index (χ3n) is 6.93. The van der Waals surface area contributed by atoms with Gasteiger partial charge in [-0.1, -0.05) is 18.2 Å². The van der Waals surface area contributed by atoms with Crippen molar-refractivity contribution < 1.29 is 13.5 Å². The zero-order valence-corrected chi connectivity index (χ0v) is 21.2. The molecule has 0 atom stereocenters. The van der Waals surface area contributed by atoms with Crippen molar-refractivity contribution in [2.75, 3.05) is 7.05 Å². The molecule has 186 valence electrons. The number of benzene rings is 2. The van der Waals surface area contributed by atoms with Gasteiger partial charge in [0.2, 0.25) is 10.0 Å². The molecule has 0 unspecified atom stereocenters. The van der Waals surface area contributed by atoms with E-state index in [2.05, 4.69) is 20.0 Å². The molecule has 1 heterocycles. The molecule has 10 heteroatoms. The van der Waals surface area contributed by atoms with Crippen molar-refractivity contribution in [3.05, 3.63) is 69.1 Å². The molecular weight excluding hydrogens is 466 g/mol. The molecule has 1 aliphatic rings. The number of phenolic OH excluding ortho intramolecular Hbond substituents is 1. The van der Waals surface area contributed by atoms with Crippen LogP contribution in [0.5, 0.6) is 5.75 Å². The molecule has 1 aliphatic carbocycles. The molecule has 1 aromatic heterocycles. The van der Waals surface area contributed by atoms with E-state index < -0.39 is 15.3 Å². The van der Waals surface area contributed by atoms with Crippen molar-refractivity contribution in [2.24, 2.45) is 10.2 Å². The zero-order chi connectivity index (χ0) is 25.3. The summed E-state index contributed by atoms with van der Waals surface area (Å²) in [5.74, 6) is 0.0447. The van der Waals surface area contributed by atoms with Gasteiger partial charge in [-0.3, -0.25) is 9.89 Å². The standard InChI is InChI=1S/C25H31N5O4S/c1-15-8-11-19(14-16(15)2)30-25(32)23(17(3)29-30)28-27-22-7-5-6-21(24(22)31)18-9-12-20(13-10-18)35(33,34)26-4/h5-8,11,14,18,20,26,29,31H,9-10,12-13H2,1-4H3. The van der Waals surface area contributed by atoms with Crippen LogP contribution in [-0.4, -0.2) is 35.6 Å². The first-order valence-electron chi connectivity index (χ1n) is 11.7. The van der Waals surface area contributed by atoms with Crippen molar-refractivity contribution in [3.63, 3.8) is 0 Å². The van der Waals surface area contributed by atoms with Gasteiger partial charge >= 0.3 is 0 Å². The van der Waals surface area contributed by atoms with Crippen molar-refractivity contribution in [2.45, 2.75) is 57.6 Å². The number of aromatic nitrogens is 2. The zero-order valence-electron chi connectivity index (χ0n) is 20.4. The lowest BCUT2D eigenvalue weighted by atomic mass is 9.83. The molecule has 0 aliphatic heterocycles. The number of para-hydroxylation sites is 1. The lowest BCUT2D eigenvalue weighted by Gasteiger charge is -2.28. The quantitative estimate of drug-likeness (QED) is 0.423. The van der Waals surface area contributed by atoms with Crippen molar-refractivity contribution >= 4 is 21.4 Å². The maximum atomic E-state index is 13.0. The second-order valence-electron chi connectivity index (χ2n) is 9.13. The van der Waals surface area contributed by atoms with E-state index in [0.717, 1.165) is 16.7 Å². The number of aryl methyl sites for hydroxylation is 3. The lowest BCUT2D eigenvalue weighted by Crippen LogP contribution is -2.34. The van der Waals surface area contributed by atoms with E-state index in [-0.39, 0.29) is 28.6 Å². The summed E-state index contributed by atoms with van der Waals surface area (Å²) in [5, 5.41) is 21.9. The van der Waals surface area contributed by atoms with Crippen LogP contribution in [-0.2, 0) is 10.0 Å².